The lowest BCUT2D eigenvalue weighted by Gasteiger charge is -2.36. The summed E-state index contributed by atoms with van der Waals surface area (Å²) in [5.74, 6) is -1.04. The quantitative estimate of drug-likeness (QED) is 0.746. The average molecular weight is 282 g/mol. The van der Waals surface area contributed by atoms with Crippen LogP contribution in [0.1, 0.15) is 65.7 Å². The number of hydrogen-bond acceptors (Lipinski definition) is 4. The van der Waals surface area contributed by atoms with Crippen LogP contribution in [0.5, 0.6) is 0 Å². The van der Waals surface area contributed by atoms with Crippen LogP contribution < -0.4 is 0 Å². The van der Waals surface area contributed by atoms with E-state index in [-0.39, 0.29) is 29.9 Å². The van der Waals surface area contributed by atoms with Gasteiger partial charge < -0.3 is 9.47 Å². The normalized spacial score (nSPS) is 27.6. The van der Waals surface area contributed by atoms with Crippen molar-refractivity contribution < 1.29 is 19.1 Å². The third kappa shape index (κ3) is 3.97. The van der Waals surface area contributed by atoms with Crippen LogP contribution in [0.4, 0.5) is 0 Å². The Kier molecular flexibility index (Phi) is 4.71. The molecule has 2 aliphatic carbocycles. The zero-order valence-electron chi connectivity index (χ0n) is 12.8. The van der Waals surface area contributed by atoms with Gasteiger partial charge in [-0.3, -0.25) is 9.59 Å². The Hall–Kier alpha value is -1.06. The highest BCUT2D eigenvalue weighted by Crippen LogP contribution is 2.38. The van der Waals surface area contributed by atoms with Crippen LogP contribution in [0, 0.1) is 11.8 Å². The molecule has 2 atom stereocenters. The van der Waals surface area contributed by atoms with Crippen molar-refractivity contribution in [3.8, 4) is 0 Å². The van der Waals surface area contributed by atoms with Crippen molar-refractivity contribution in [2.24, 2.45) is 11.8 Å². The fourth-order valence-electron chi connectivity index (χ4n) is 2.88. The highest BCUT2D eigenvalue weighted by atomic mass is 16.6. The molecule has 0 aromatic rings. The summed E-state index contributed by atoms with van der Waals surface area (Å²) in [6.45, 7) is 5.54. The monoisotopic (exact) mass is 282 g/mol. The molecular weight excluding hydrogens is 256 g/mol. The highest BCUT2D eigenvalue weighted by Gasteiger charge is 2.45. The molecule has 2 unspecified atom stereocenters. The molecule has 0 saturated heterocycles. The molecule has 0 aromatic heterocycles. The Balaban J connectivity index is 1.82. The van der Waals surface area contributed by atoms with E-state index in [1.807, 2.05) is 20.8 Å². The van der Waals surface area contributed by atoms with Gasteiger partial charge in [-0.25, -0.2) is 0 Å². The SMILES string of the molecule is CC(C)(C)OC(=O)C1CCC1C(=O)OC1CCCCC1. The first kappa shape index (κ1) is 15.3. The van der Waals surface area contributed by atoms with E-state index in [1.165, 1.54) is 6.42 Å². The van der Waals surface area contributed by atoms with Crippen molar-refractivity contribution in [3.63, 3.8) is 0 Å². The summed E-state index contributed by atoms with van der Waals surface area (Å²) < 4.78 is 10.9. The maximum Gasteiger partial charge on any atom is 0.310 e. The molecule has 114 valence electrons. The van der Waals surface area contributed by atoms with E-state index < -0.39 is 5.60 Å². The molecule has 0 spiro atoms. The molecule has 2 aliphatic rings. The van der Waals surface area contributed by atoms with Gasteiger partial charge in [0.15, 0.2) is 0 Å². The minimum absolute atomic E-state index is 0.0659. The van der Waals surface area contributed by atoms with Crippen LogP contribution in [0.2, 0.25) is 0 Å². The standard InChI is InChI=1S/C16H26O4/c1-16(2,3)20-15(18)13-10-9-12(13)14(17)19-11-7-5-4-6-8-11/h11-13H,4-10H2,1-3H3. The van der Waals surface area contributed by atoms with E-state index in [1.54, 1.807) is 0 Å². The van der Waals surface area contributed by atoms with E-state index in [0.717, 1.165) is 38.5 Å². The smallest absolute Gasteiger partial charge is 0.310 e. The largest absolute Gasteiger partial charge is 0.462 e. The summed E-state index contributed by atoms with van der Waals surface area (Å²) in [5.41, 5.74) is -0.496. The first-order valence-electron chi connectivity index (χ1n) is 7.80. The molecule has 0 heterocycles. The Morgan fingerprint density at radius 1 is 0.850 bits per heavy atom. The van der Waals surface area contributed by atoms with Crippen molar-refractivity contribution in [2.45, 2.75) is 77.4 Å². The van der Waals surface area contributed by atoms with Crippen molar-refractivity contribution in [1.82, 2.24) is 0 Å². The molecule has 0 aromatic carbocycles. The molecule has 2 rings (SSSR count). The van der Waals surface area contributed by atoms with Crippen LogP contribution in [0.15, 0.2) is 0 Å². The maximum atomic E-state index is 12.1. The molecule has 0 radical (unpaired) electrons. The van der Waals surface area contributed by atoms with Crippen LogP contribution in [-0.4, -0.2) is 23.6 Å². The summed E-state index contributed by atoms with van der Waals surface area (Å²) >= 11 is 0. The lowest BCUT2D eigenvalue weighted by Crippen LogP contribution is -2.43. The molecule has 4 nitrogen and oxygen atoms in total. The summed E-state index contributed by atoms with van der Waals surface area (Å²) in [4.78, 5) is 24.2. The van der Waals surface area contributed by atoms with Crippen molar-refractivity contribution >= 4 is 11.9 Å². The van der Waals surface area contributed by atoms with Crippen molar-refractivity contribution in [1.29, 1.82) is 0 Å². The fourth-order valence-corrected chi connectivity index (χ4v) is 2.88. The summed E-state index contributed by atoms with van der Waals surface area (Å²) in [6, 6.07) is 0. The number of esters is 2. The van der Waals surface area contributed by atoms with Gasteiger partial charge in [0.1, 0.15) is 11.7 Å². The predicted molar refractivity (Wildman–Crippen MR) is 75.0 cm³/mol. The van der Waals surface area contributed by atoms with Crippen molar-refractivity contribution in [2.75, 3.05) is 0 Å². The van der Waals surface area contributed by atoms with Gasteiger partial charge in [0.05, 0.1) is 11.8 Å². The second-order valence-corrected chi connectivity index (χ2v) is 7.02. The lowest BCUT2D eigenvalue weighted by atomic mass is 9.73. The van der Waals surface area contributed by atoms with Crippen LogP contribution in [0.3, 0.4) is 0 Å². The lowest BCUT2D eigenvalue weighted by molar-refractivity contribution is -0.177. The van der Waals surface area contributed by atoms with Crippen LogP contribution in [-0.2, 0) is 19.1 Å². The molecule has 0 amide bonds. The molecule has 2 saturated carbocycles. The van der Waals surface area contributed by atoms with Gasteiger partial charge in [0.2, 0.25) is 0 Å². The summed E-state index contributed by atoms with van der Waals surface area (Å²) in [6.07, 6.45) is 6.99. The Labute approximate surface area is 121 Å². The minimum atomic E-state index is -0.496. The molecule has 4 heteroatoms. The first-order chi connectivity index (χ1) is 9.37. The van der Waals surface area contributed by atoms with E-state index in [0.29, 0.717) is 0 Å². The van der Waals surface area contributed by atoms with Crippen LogP contribution >= 0.6 is 0 Å². The van der Waals surface area contributed by atoms with Gasteiger partial charge in [-0.15, -0.1) is 0 Å². The molecule has 0 aliphatic heterocycles. The Morgan fingerprint density at radius 3 is 1.90 bits per heavy atom. The number of carbonyl (C=O) groups is 2. The third-order valence-corrected chi connectivity index (χ3v) is 4.12. The third-order valence-electron chi connectivity index (χ3n) is 4.12. The summed E-state index contributed by atoms with van der Waals surface area (Å²) in [5, 5.41) is 0. The molecule has 0 N–H and O–H groups in total. The van der Waals surface area contributed by atoms with E-state index in [2.05, 4.69) is 0 Å². The zero-order valence-corrected chi connectivity index (χ0v) is 12.8. The molecule has 2 fully saturated rings. The van der Waals surface area contributed by atoms with Crippen LogP contribution in [0.25, 0.3) is 0 Å². The second kappa shape index (κ2) is 6.15. The number of carbonyl (C=O) groups excluding carboxylic acids is 2. The van der Waals surface area contributed by atoms with Gasteiger partial charge in [0, 0.05) is 0 Å². The van der Waals surface area contributed by atoms with Gasteiger partial charge in [-0.1, -0.05) is 6.42 Å². The van der Waals surface area contributed by atoms with Crippen molar-refractivity contribution in [3.05, 3.63) is 0 Å². The van der Waals surface area contributed by atoms with Gasteiger partial charge >= 0.3 is 11.9 Å². The Bertz CT molecular complexity index is 363. The second-order valence-electron chi connectivity index (χ2n) is 7.02. The van der Waals surface area contributed by atoms with Gasteiger partial charge in [0.25, 0.3) is 0 Å². The first-order valence-corrected chi connectivity index (χ1v) is 7.80. The molecule has 0 bridgehead atoms. The van der Waals surface area contributed by atoms with Gasteiger partial charge in [-0.05, 0) is 59.3 Å². The minimum Gasteiger partial charge on any atom is -0.462 e. The summed E-state index contributed by atoms with van der Waals surface area (Å²) in [7, 11) is 0. The Morgan fingerprint density at radius 2 is 1.40 bits per heavy atom. The zero-order chi connectivity index (χ0) is 14.8. The topological polar surface area (TPSA) is 52.6 Å². The highest BCUT2D eigenvalue weighted by molar-refractivity contribution is 5.84. The number of hydrogen-bond donors (Lipinski definition) is 0. The molecular formula is C16H26O4. The van der Waals surface area contributed by atoms with E-state index in [9.17, 15) is 9.59 Å². The predicted octanol–water partition coefficient (Wildman–Crippen LogP) is 3.23. The van der Waals surface area contributed by atoms with Gasteiger partial charge in [-0.2, -0.15) is 0 Å². The number of rotatable bonds is 3. The maximum absolute atomic E-state index is 12.1. The average Bonchev–Trinajstić information content (AvgIpc) is 2.25. The fraction of sp³-hybridized carbons (Fsp3) is 0.875. The molecule has 20 heavy (non-hydrogen) atoms. The van der Waals surface area contributed by atoms with E-state index in [4.69, 9.17) is 9.47 Å². The number of ether oxygens (including phenoxy) is 2. The van der Waals surface area contributed by atoms with E-state index >= 15 is 0 Å².